The third-order valence-corrected chi connectivity index (χ3v) is 7.70. The fourth-order valence-electron chi connectivity index (χ4n) is 2.96. The summed E-state index contributed by atoms with van der Waals surface area (Å²) in [6, 6.07) is 19.8. The lowest BCUT2D eigenvalue weighted by molar-refractivity contribution is 0.102. The predicted molar refractivity (Wildman–Crippen MR) is 129 cm³/mol. The normalized spacial score (nSPS) is 11.7. The van der Waals surface area contributed by atoms with Gasteiger partial charge in [-0.1, -0.05) is 36.4 Å². The number of anilines is 2. The van der Waals surface area contributed by atoms with E-state index in [4.69, 9.17) is 0 Å². The molecule has 0 saturated heterocycles. The van der Waals surface area contributed by atoms with Crippen LogP contribution in [0.3, 0.4) is 0 Å². The van der Waals surface area contributed by atoms with Crippen molar-refractivity contribution in [2.75, 3.05) is 15.8 Å². The molecule has 10 heteroatoms. The molecule has 0 aliphatic heterocycles. The third kappa shape index (κ3) is 6.64. The van der Waals surface area contributed by atoms with Crippen LogP contribution in [0, 0.1) is 6.92 Å². The van der Waals surface area contributed by atoms with Crippen molar-refractivity contribution >= 4 is 37.3 Å². The van der Waals surface area contributed by atoms with Gasteiger partial charge >= 0.3 is 0 Å². The van der Waals surface area contributed by atoms with Crippen LogP contribution < -0.4 is 14.8 Å². The van der Waals surface area contributed by atoms with Crippen LogP contribution in [0.15, 0.2) is 77.7 Å². The van der Waals surface area contributed by atoms with Gasteiger partial charge in [0.2, 0.25) is 20.0 Å². The van der Waals surface area contributed by atoms with Crippen LogP contribution in [0.2, 0.25) is 0 Å². The van der Waals surface area contributed by atoms with Crippen molar-refractivity contribution in [3.8, 4) is 0 Å². The Morgan fingerprint density at radius 1 is 0.848 bits per heavy atom. The van der Waals surface area contributed by atoms with E-state index < -0.39 is 26.0 Å². The van der Waals surface area contributed by atoms with E-state index in [2.05, 4.69) is 14.8 Å². The fraction of sp³-hybridized carbons (Fsp3) is 0.174. The lowest BCUT2D eigenvalue weighted by atomic mass is 10.1. The van der Waals surface area contributed by atoms with Crippen molar-refractivity contribution in [2.24, 2.45) is 0 Å². The Bertz CT molecular complexity index is 1340. The zero-order valence-corrected chi connectivity index (χ0v) is 19.8. The summed E-state index contributed by atoms with van der Waals surface area (Å²) in [5.74, 6) is -0.541. The van der Waals surface area contributed by atoms with Crippen LogP contribution in [-0.4, -0.2) is 28.5 Å². The van der Waals surface area contributed by atoms with E-state index >= 15 is 0 Å². The van der Waals surface area contributed by atoms with Crippen molar-refractivity contribution in [3.05, 3.63) is 89.5 Å². The molecule has 3 N–H and O–H groups in total. The number of nitrogens with one attached hydrogen (secondary N) is 3. The van der Waals surface area contributed by atoms with E-state index in [0.29, 0.717) is 16.9 Å². The molecule has 0 radical (unpaired) electrons. The molecular weight excluding hydrogens is 462 g/mol. The molecule has 0 fully saturated rings. The lowest BCUT2D eigenvalue weighted by Crippen LogP contribution is -2.24. The van der Waals surface area contributed by atoms with E-state index in [0.717, 1.165) is 5.56 Å². The number of carbonyl (C=O) groups excluding carboxylic acids is 1. The number of hydrogen-bond donors (Lipinski definition) is 3. The average Bonchev–Trinajstić information content (AvgIpc) is 2.80. The maximum absolute atomic E-state index is 12.8. The number of hydrogen-bond acceptors (Lipinski definition) is 5. The van der Waals surface area contributed by atoms with Crippen molar-refractivity contribution in [1.82, 2.24) is 4.72 Å². The summed E-state index contributed by atoms with van der Waals surface area (Å²) in [5, 5.41) is 2.69. The molecule has 0 unspecified atom stereocenters. The number of carbonyl (C=O) groups is 1. The topological polar surface area (TPSA) is 121 Å². The molecule has 0 aromatic heterocycles. The maximum atomic E-state index is 12.8. The summed E-state index contributed by atoms with van der Waals surface area (Å²) in [6.07, 6.45) is 0. The smallest absolute Gasteiger partial charge is 0.255 e. The molecular formula is C23H25N3O5S2. The van der Waals surface area contributed by atoms with Gasteiger partial charge in [-0.15, -0.1) is 0 Å². The Labute approximate surface area is 194 Å². The quantitative estimate of drug-likeness (QED) is 0.427. The first kappa shape index (κ1) is 24.4. The van der Waals surface area contributed by atoms with Crippen molar-refractivity contribution in [1.29, 1.82) is 0 Å². The molecule has 3 aromatic carbocycles. The van der Waals surface area contributed by atoms with Crippen LogP contribution in [0.1, 0.15) is 28.4 Å². The van der Waals surface area contributed by atoms with Gasteiger partial charge in [-0.05, 0) is 61.4 Å². The number of sulfonamides is 2. The number of benzene rings is 3. The highest BCUT2D eigenvalue weighted by atomic mass is 32.2. The van der Waals surface area contributed by atoms with Gasteiger partial charge in [0.05, 0.1) is 10.6 Å². The monoisotopic (exact) mass is 487 g/mol. The summed E-state index contributed by atoms with van der Waals surface area (Å²) in [5.41, 5.74) is 2.32. The molecule has 3 aromatic rings. The van der Waals surface area contributed by atoms with Crippen molar-refractivity contribution in [2.45, 2.75) is 25.3 Å². The molecule has 8 nitrogen and oxygen atoms in total. The van der Waals surface area contributed by atoms with Crippen LogP contribution in [0.5, 0.6) is 0 Å². The SMILES string of the molecule is CCS(=O)(=O)Nc1ccc(NC(=O)c2ccc(C)c(S(=O)(=O)NCc3ccccc3)c2)cc1. The molecule has 0 heterocycles. The first-order valence-electron chi connectivity index (χ1n) is 10.2. The van der Waals surface area contributed by atoms with Gasteiger partial charge in [0.1, 0.15) is 0 Å². The summed E-state index contributed by atoms with van der Waals surface area (Å²) >= 11 is 0. The second-order valence-corrected chi connectivity index (χ2v) is 11.1. The van der Waals surface area contributed by atoms with E-state index in [1.807, 2.05) is 30.3 Å². The third-order valence-electron chi connectivity index (χ3n) is 4.85. The van der Waals surface area contributed by atoms with Gasteiger partial charge in [0.25, 0.3) is 5.91 Å². The van der Waals surface area contributed by atoms with Gasteiger partial charge in [-0.3, -0.25) is 9.52 Å². The Balaban J connectivity index is 1.73. The van der Waals surface area contributed by atoms with Gasteiger partial charge in [-0.25, -0.2) is 21.6 Å². The standard InChI is InChI=1S/C23H25N3O5S2/c1-3-32(28,29)26-21-13-11-20(12-14-21)25-23(27)19-10-9-17(2)22(15-19)33(30,31)24-16-18-7-5-4-6-8-18/h4-15,24,26H,3,16H2,1-2H3,(H,25,27). The minimum atomic E-state index is -3.84. The maximum Gasteiger partial charge on any atom is 0.255 e. The second kappa shape index (κ2) is 10.2. The molecule has 0 atom stereocenters. The predicted octanol–water partition coefficient (Wildman–Crippen LogP) is 3.49. The summed E-state index contributed by atoms with van der Waals surface area (Å²) in [4.78, 5) is 12.7. The zero-order valence-electron chi connectivity index (χ0n) is 18.2. The molecule has 0 aliphatic rings. The highest BCUT2D eigenvalue weighted by molar-refractivity contribution is 7.92. The number of rotatable bonds is 9. The largest absolute Gasteiger partial charge is 0.322 e. The fourth-order valence-corrected chi connectivity index (χ4v) is 4.89. The molecule has 33 heavy (non-hydrogen) atoms. The molecule has 0 aliphatic carbocycles. The van der Waals surface area contributed by atoms with Gasteiger partial charge in [0.15, 0.2) is 0 Å². The highest BCUT2D eigenvalue weighted by Crippen LogP contribution is 2.20. The highest BCUT2D eigenvalue weighted by Gasteiger charge is 2.19. The molecule has 0 saturated carbocycles. The number of aryl methyl sites for hydroxylation is 1. The van der Waals surface area contributed by atoms with E-state index in [1.165, 1.54) is 25.1 Å². The summed E-state index contributed by atoms with van der Waals surface area (Å²) in [7, 11) is -7.24. The van der Waals surface area contributed by atoms with Gasteiger partial charge in [-0.2, -0.15) is 0 Å². The van der Waals surface area contributed by atoms with Crippen LogP contribution >= 0.6 is 0 Å². The van der Waals surface area contributed by atoms with Crippen molar-refractivity contribution in [3.63, 3.8) is 0 Å². The first-order chi connectivity index (χ1) is 15.6. The summed E-state index contributed by atoms with van der Waals surface area (Å²) < 4.78 is 54.0. The zero-order chi connectivity index (χ0) is 24.1. The lowest BCUT2D eigenvalue weighted by Gasteiger charge is -2.12. The minimum absolute atomic E-state index is 0.0235. The molecule has 174 valence electrons. The van der Waals surface area contributed by atoms with E-state index in [1.54, 1.807) is 31.2 Å². The van der Waals surface area contributed by atoms with Gasteiger partial charge < -0.3 is 5.32 Å². The Morgan fingerprint density at radius 2 is 1.48 bits per heavy atom. The molecule has 3 rings (SSSR count). The van der Waals surface area contributed by atoms with E-state index in [9.17, 15) is 21.6 Å². The van der Waals surface area contributed by atoms with Crippen molar-refractivity contribution < 1.29 is 21.6 Å². The first-order valence-corrected chi connectivity index (χ1v) is 13.3. The molecule has 1 amide bonds. The van der Waals surface area contributed by atoms with Crippen LogP contribution in [0.4, 0.5) is 11.4 Å². The average molecular weight is 488 g/mol. The van der Waals surface area contributed by atoms with Crippen LogP contribution in [0.25, 0.3) is 0 Å². The minimum Gasteiger partial charge on any atom is -0.322 e. The number of amides is 1. The Hall–Kier alpha value is -3.21. The van der Waals surface area contributed by atoms with Crippen LogP contribution in [-0.2, 0) is 26.6 Å². The summed E-state index contributed by atoms with van der Waals surface area (Å²) in [6.45, 7) is 3.33. The second-order valence-electron chi connectivity index (χ2n) is 7.33. The van der Waals surface area contributed by atoms with E-state index in [-0.39, 0.29) is 22.8 Å². The van der Waals surface area contributed by atoms with Gasteiger partial charge in [0, 0.05) is 23.5 Å². The molecule has 0 bridgehead atoms. The Morgan fingerprint density at radius 3 is 2.12 bits per heavy atom. The molecule has 0 spiro atoms. The Kier molecular flexibility index (Phi) is 7.52.